The summed E-state index contributed by atoms with van der Waals surface area (Å²) in [5, 5.41) is 0. The molecule has 0 saturated carbocycles. The summed E-state index contributed by atoms with van der Waals surface area (Å²) in [6.45, 7) is 8.48. The summed E-state index contributed by atoms with van der Waals surface area (Å²) in [4.78, 5) is 0. The summed E-state index contributed by atoms with van der Waals surface area (Å²) in [5.74, 6) is 0.570. The van der Waals surface area contributed by atoms with Gasteiger partial charge in [0, 0.05) is 0 Å². The van der Waals surface area contributed by atoms with E-state index in [1.54, 1.807) is 0 Å². The first-order valence-electron chi connectivity index (χ1n) is 4.30. The third kappa shape index (κ3) is 4.56. The van der Waals surface area contributed by atoms with E-state index < -0.39 is 0 Å². The topological polar surface area (TPSA) is 18.5 Å². The van der Waals surface area contributed by atoms with Gasteiger partial charge in [0.1, 0.15) is 16.8 Å². The molecule has 0 saturated heterocycles. The Morgan fingerprint density at radius 2 is 1.82 bits per heavy atom. The molecule has 0 amide bonds. The van der Waals surface area contributed by atoms with Gasteiger partial charge in [-0.05, 0) is 19.3 Å². The highest BCUT2D eigenvalue weighted by atomic mass is 28.2. The summed E-state index contributed by atoms with van der Waals surface area (Å²) in [7, 11) is 0.758. The van der Waals surface area contributed by atoms with Crippen LogP contribution in [0.2, 0.25) is 0 Å². The summed E-state index contributed by atoms with van der Waals surface area (Å²) in [5.41, 5.74) is 0. The molecular weight excluding hydrogens is 156 g/mol. The Morgan fingerprint density at radius 3 is 2.09 bits per heavy atom. The molecule has 11 heavy (non-hydrogen) atoms. The number of hydrogen-bond acceptors (Lipinski definition) is 2. The minimum atomic E-state index is 0.0269. The first-order valence-corrected chi connectivity index (χ1v) is 5.11. The van der Waals surface area contributed by atoms with E-state index in [0.29, 0.717) is 12.0 Å². The molecule has 0 spiro atoms. The quantitative estimate of drug-likeness (QED) is 0.461. The lowest BCUT2D eigenvalue weighted by Gasteiger charge is -2.22. The smallest absolute Gasteiger partial charge is 0.149 e. The summed E-state index contributed by atoms with van der Waals surface area (Å²) in [6.07, 6.45) is 1.27. The van der Waals surface area contributed by atoms with Crippen LogP contribution in [-0.4, -0.2) is 22.9 Å². The van der Waals surface area contributed by atoms with Crippen molar-refractivity contribution >= 4 is 10.5 Å². The van der Waals surface area contributed by atoms with Crippen molar-refractivity contribution in [1.82, 2.24) is 0 Å². The average molecular weight is 176 g/mol. The van der Waals surface area contributed by atoms with Crippen LogP contribution in [0.25, 0.3) is 0 Å². The molecule has 0 rings (SSSR count). The fraction of sp³-hybridized carbons (Fsp3) is 1.00. The van der Waals surface area contributed by atoms with Gasteiger partial charge in [0.15, 0.2) is 0 Å². The molecule has 0 radical (unpaired) electrons. The zero-order valence-electron chi connectivity index (χ0n) is 8.26. The Bertz CT molecular complexity index is 92.1. The standard InChI is InChI=1S/C8H20O2Si/c1-5-8(10-11)9-7(4)6(2)3/h6-8H,5H2,1-4,11H3. The van der Waals surface area contributed by atoms with Crippen LogP contribution in [-0.2, 0) is 9.16 Å². The molecule has 0 aliphatic heterocycles. The molecule has 0 aromatic heterocycles. The van der Waals surface area contributed by atoms with Gasteiger partial charge < -0.3 is 9.16 Å². The van der Waals surface area contributed by atoms with Crippen molar-refractivity contribution in [1.29, 1.82) is 0 Å². The third-order valence-corrected chi connectivity index (χ3v) is 2.43. The maximum Gasteiger partial charge on any atom is 0.149 e. The fourth-order valence-electron chi connectivity index (χ4n) is 0.715. The van der Waals surface area contributed by atoms with E-state index in [1.807, 2.05) is 0 Å². The van der Waals surface area contributed by atoms with Crippen molar-refractivity contribution in [3.63, 3.8) is 0 Å². The molecule has 0 aliphatic rings. The first kappa shape index (κ1) is 11.1. The molecule has 0 fully saturated rings. The zero-order valence-corrected chi connectivity index (χ0v) is 10.3. The van der Waals surface area contributed by atoms with E-state index >= 15 is 0 Å². The second-order valence-corrected chi connectivity index (χ2v) is 3.63. The molecule has 0 heterocycles. The minimum Gasteiger partial charge on any atom is -0.404 e. The third-order valence-electron chi connectivity index (χ3n) is 1.90. The fourth-order valence-corrected chi connectivity index (χ4v) is 1.16. The van der Waals surface area contributed by atoms with Gasteiger partial charge in [0.2, 0.25) is 0 Å². The molecule has 0 bridgehead atoms. The van der Waals surface area contributed by atoms with E-state index in [4.69, 9.17) is 9.16 Å². The minimum absolute atomic E-state index is 0.0269. The van der Waals surface area contributed by atoms with Crippen molar-refractivity contribution in [2.45, 2.75) is 46.5 Å². The molecule has 0 N–H and O–H groups in total. The molecule has 2 atom stereocenters. The number of rotatable bonds is 5. The molecule has 0 aliphatic carbocycles. The average Bonchev–Trinajstić information content (AvgIpc) is 1.99. The van der Waals surface area contributed by atoms with Crippen molar-refractivity contribution in [3.05, 3.63) is 0 Å². The van der Waals surface area contributed by atoms with Crippen molar-refractivity contribution in [3.8, 4) is 0 Å². The van der Waals surface area contributed by atoms with Crippen LogP contribution in [0.3, 0.4) is 0 Å². The van der Waals surface area contributed by atoms with Gasteiger partial charge in [0.05, 0.1) is 6.10 Å². The Balaban J connectivity index is 3.62. The van der Waals surface area contributed by atoms with Gasteiger partial charge in [-0.3, -0.25) is 0 Å². The van der Waals surface area contributed by atoms with Crippen LogP contribution in [0.5, 0.6) is 0 Å². The highest BCUT2D eigenvalue weighted by molar-refractivity contribution is 5.98. The molecular formula is C8H20O2Si. The monoisotopic (exact) mass is 176 g/mol. The van der Waals surface area contributed by atoms with E-state index in [2.05, 4.69) is 27.7 Å². The lowest BCUT2D eigenvalue weighted by atomic mass is 10.1. The van der Waals surface area contributed by atoms with Crippen molar-refractivity contribution < 1.29 is 9.16 Å². The van der Waals surface area contributed by atoms with E-state index in [1.165, 1.54) is 0 Å². The number of ether oxygens (including phenoxy) is 1. The zero-order chi connectivity index (χ0) is 8.85. The predicted molar refractivity (Wildman–Crippen MR) is 50.5 cm³/mol. The highest BCUT2D eigenvalue weighted by Gasteiger charge is 2.12. The Morgan fingerprint density at radius 1 is 1.27 bits per heavy atom. The predicted octanol–water partition coefficient (Wildman–Crippen LogP) is 1.08. The van der Waals surface area contributed by atoms with Gasteiger partial charge in [-0.25, -0.2) is 0 Å². The molecule has 68 valence electrons. The number of hydrogen-bond donors (Lipinski definition) is 0. The van der Waals surface area contributed by atoms with Crippen LogP contribution >= 0.6 is 0 Å². The van der Waals surface area contributed by atoms with Crippen LogP contribution < -0.4 is 0 Å². The summed E-state index contributed by atoms with van der Waals surface area (Å²) < 4.78 is 10.9. The Hall–Kier alpha value is 0.137. The van der Waals surface area contributed by atoms with Gasteiger partial charge in [0.25, 0.3) is 0 Å². The maximum atomic E-state index is 5.62. The highest BCUT2D eigenvalue weighted by Crippen LogP contribution is 2.10. The molecule has 3 heteroatoms. The van der Waals surface area contributed by atoms with E-state index in [0.717, 1.165) is 16.9 Å². The molecule has 2 unspecified atom stereocenters. The largest absolute Gasteiger partial charge is 0.404 e. The summed E-state index contributed by atoms with van der Waals surface area (Å²) in [6, 6.07) is 0. The second kappa shape index (κ2) is 5.74. The lowest BCUT2D eigenvalue weighted by molar-refractivity contribution is -0.124. The molecule has 0 aromatic rings. The summed E-state index contributed by atoms with van der Waals surface area (Å²) >= 11 is 0. The van der Waals surface area contributed by atoms with Crippen molar-refractivity contribution in [2.24, 2.45) is 5.92 Å². The van der Waals surface area contributed by atoms with Crippen LogP contribution in [0, 0.1) is 5.92 Å². The van der Waals surface area contributed by atoms with Gasteiger partial charge in [-0.2, -0.15) is 0 Å². The van der Waals surface area contributed by atoms with Gasteiger partial charge in [-0.15, -0.1) is 0 Å². The van der Waals surface area contributed by atoms with E-state index in [9.17, 15) is 0 Å². The first-order chi connectivity index (χ1) is 5.11. The second-order valence-electron chi connectivity index (χ2n) is 3.16. The van der Waals surface area contributed by atoms with Crippen LogP contribution in [0.1, 0.15) is 34.1 Å². The molecule has 0 aromatic carbocycles. The van der Waals surface area contributed by atoms with Crippen LogP contribution in [0.15, 0.2) is 0 Å². The lowest BCUT2D eigenvalue weighted by Crippen LogP contribution is -2.24. The van der Waals surface area contributed by atoms with E-state index in [-0.39, 0.29) is 6.29 Å². The van der Waals surface area contributed by atoms with Crippen molar-refractivity contribution in [2.75, 3.05) is 0 Å². The maximum absolute atomic E-state index is 5.62. The van der Waals surface area contributed by atoms with Crippen LogP contribution in [0.4, 0.5) is 0 Å². The Labute approximate surface area is 72.8 Å². The van der Waals surface area contributed by atoms with Gasteiger partial charge >= 0.3 is 0 Å². The SMILES string of the molecule is CCC(O[SiH3])OC(C)C(C)C. The normalized spacial score (nSPS) is 17.2. The Kier molecular flexibility index (Phi) is 5.82. The van der Waals surface area contributed by atoms with Gasteiger partial charge in [-0.1, -0.05) is 20.8 Å². The molecule has 2 nitrogen and oxygen atoms in total.